The van der Waals surface area contributed by atoms with Crippen molar-refractivity contribution in [1.29, 1.82) is 0 Å². The molecule has 0 bridgehead atoms. The summed E-state index contributed by atoms with van der Waals surface area (Å²) >= 11 is 1.48. The highest BCUT2D eigenvalue weighted by Gasteiger charge is 2.41. The fourth-order valence-electron chi connectivity index (χ4n) is 4.79. The van der Waals surface area contributed by atoms with Crippen molar-refractivity contribution < 1.29 is 14.6 Å². The largest absolute Gasteiger partial charge is 0.489 e. The van der Waals surface area contributed by atoms with E-state index >= 15 is 0 Å². The van der Waals surface area contributed by atoms with Crippen LogP contribution in [0.2, 0.25) is 0 Å². The molecule has 0 aromatic heterocycles. The van der Waals surface area contributed by atoms with Crippen molar-refractivity contribution in [1.82, 2.24) is 0 Å². The van der Waals surface area contributed by atoms with Crippen LogP contribution < -0.4 is 4.74 Å². The lowest BCUT2D eigenvalue weighted by atomic mass is 9.84. The number of rotatable bonds is 11. The van der Waals surface area contributed by atoms with Gasteiger partial charge in [0, 0.05) is 0 Å². The second-order valence-electron chi connectivity index (χ2n) is 9.35. The fraction of sp³-hybridized carbons (Fsp3) is 0.114. The van der Waals surface area contributed by atoms with Crippen LogP contribution >= 0.6 is 11.8 Å². The van der Waals surface area contributed by atoms with E-state index in [1.54, 1.807) is 0 Å². The SMILES string of the molecule is O=C(O)C(Cc1ccc(OCc2ccccc2)cc1)SC(c1ccccc1)(c1ccccc1)c1ccccc1. The summed E-state index contributed by atoms with van der Waals surface area (Å²) in [5.41, 5.74) is 5.18. The van der Waals surface area contributed by atoms with Crippen LogP contribution in [-0.4, -0.2) is 16.3 Å². The molecule has 5 rings (SSSR count). The number of hydrogen-bond donors (Lipinski definition) is 1. The lowest BCUT2D eigenvalue weighted by molar-refractivity contribution is -0.136. The molecule has 0 heterocycles. The molecule has 0 amide bonds. The highest BCUT2D eigenvalue weighted by atomic mass is 32.2. The lowest BCUT2D eigenvalue weighted by Crippen LogP contribution is -2.32. The van der Waals surface area contributed by atoms with Gasteiger partial charge in [-0.05, 0) is 46.4 Å². The third-order valence-corrected chi connectivity index (χ3v) is 8.44. The van der Waals surface area contributed by atoms with Crippen LogP contribution in [0, 0.1) is 0 Å². The summed E-state index contributed by atoms with van der Waals surface area (Å²) in [7, 11) is 0. The zero-order chi connectivity index (χ0) is 26.9. The van der Waals surface area contributed by atoms with Crippen molar-refractivity contribution >= 4 is 17.7 Å². The van der Waals surface area contributed by atoms with Crippen LogP contribution in [0.4, 0.5) is 0 Å². The quantitative estimate of drug-likeness (QED) is 0.176. The van der Waals surface area contributed by atoms with Gasteiger partial charge in [-0.1, -0.05) is 133 Å². The van der Waals surface area contributed by atoms with E-state index in [9.17, 15) is 9.90 Å². The van der Waals surface area contributed by atoms with Crippen molar-refractivity contribution in [3.63, 3.8) is 0 Å². The number of ether oxygens (including phenoxy) is 1. The van der Waals surface area contributed by atoms with Crippen LogP contribution in [0.25, 0.3) is 0 Å². The Morgan fingerprint density at radius 1 is 0.615 bits per heavy atom. The number of carboxylic acids is 1. The maximum atomic E-state index is 12.8. The standard InChI is InChI=1S/C35H30O3S/c36-34(37)33(25-27-21-23-32(24-22-27)38-26-28-13-5-1-6-14-28)39-35(29-15-7-2-8-16-29,30-17-9-3-10-18-30)31-19-11-4-12-20-31/h1-24,33H,25-26H2,(H,36,37). The Kier molecular flexibility index (Phi) is 8.45. The molecule has 0 saturated carbocycles. The molecule has 1 atom stereocenters. The van der Waals surface area contributed by atoms with Gasteiger partial charge in [-0.15, -0.1) is 11.8 Å². The van der Waals surface area contributed by atoms with Gasteiger partial charge in [-0.2, -0.15) is 0 Å². The van der Waals surface area contributed by atoms with E-state index < -0.39 is 16.0 Å². The van der Waals surface area contributed by atoms with Crippen molar-refractivity contribution in [2.75, 3.05) is 0 Å². The Morgan fingerprint density at radius 2 is 1.05 bits per heavy atom. The second kappa shape index (κ2) is 12.5. The fourth-order valence-corrected chi connectivity index (χ4v) is 6.41. The van der Waals surface area contributed by atoms with E-state index in [0.717, 1.165) is 33.6 Å². The molecule has 39 heavy (non-hydrogen) atoms. The highest BCUT2D eigenvalue weighted by molar-refractivity contribution is 8.01. The Balaban J connectivity index is 1.46. The molecule has 1 N–H and O–H groups in total. The maximum Gasteiger partial charge on any atom is 0.317 e. The number of hydrogen-bond acceptors (Lipinski definition) is 3. The van der Waals surface area contributed by atoms with E-state index in [2.05, 4.69) is 36.4 Å². The molecule has 5 aromatic rings. The summed E-state index contributed by atoms with van der Waals surface area (Å²) in [5.74, 6) is -0.0779. The van der Waals surface area contributed by atoms with Gasteiger partial charge in [-0.3, -0.25) is 4.79 Å². The third kappa shape index (κ3) is 6.24. The first-order chi connectivity index (χ1) is 19.1. The summed E-state index contributed by atoms with van der Waals surface area (Å²) in [6.45, 7) is 0.488. The minimum Gasteiger partial charge on any atom is -0.489 e. The molecule has 5 aromatic carbocycles. The highest BCUT2D eigenvalue weighted by Crippen LogP contribution is 2.50. The van der Waals surface area contributed by atoms with Gasteiger partial charge in [0.15, 0.2) is 0 Å². The zero-order valence-electron chi connectivity index (χ0n) is 21.5. The number of carboxylic acid groups (broad SMARTS) is 1. The summed E-state index contributed by atoms with van der Waals surface area (Å²) in [6.07, 6.45) is 0.382. The number of thioether (sulfide) groups is 1. The van der Waals surface area contributed by atoms with E-state index in [1.165, 1.54) is 11.8 Å². The molecule has 0 aliphatic heterocycles. The summed E-state index contributed by atoms with van der Waals surface area (Å²) in [5, 5.41) is 9.77. The van der Waals surface area contributed by atoms with Gasteiger partial charge in [0.1, 0.15) is 17.6 Å². The minimum atomic E-state index is -0.837. The van der Waals surface area contributed by atoms with Gasteiger partial charge in [-0.25, -0.2) is 0 Å². The first kappa shape index (κ1) is 26.3. The van der Waals surface area contributed by atoms with Gasteiger partial charge >= 0.3 is 5.97 Å². The van der Waals surface area contributed by atoms with E-state index in [4.69, 9.17) is 4.74 Å². The molecule has 0 fully saturated rings. The third-order valence-electron chi connectivity index (χ3n) is 6.73. The predicted molar refractivity (Wildman–Crippen MR) is 159 cm³/mol. The summed E-state index contributed by atoms with van der Waals surface area (Å²) in [6, 6.07) is 48.4. The van der Waals surface area contributed by atoms with Crippen molar-refractivity contribution in [3.05, 3.63) is 173 Å². The molecule has 3 nitrogen and oxygen atoms in total. The summed E-state index contributed by atoms with van der Waals surface area (Å²) in [4.78, 5) is 12.8. The van der Waals surface area contributed by atoms with Crippen LogP contribution in [0.3, 0.4) is 0 Å². The van der Waals surface area contributed by atoms with Crippen LogP contribution in [0.1, 0.15) is 27.8 Å². The lowest BCUT2D eigenvalue weighted by Gasteiger charge is -2.37. The van der Waals surface area contributed by atoms with E-state index in [0.29, 0.717) is 13.0 Å². The maximum absolute atomic E-state index is 12.8. The Hall–Kier alpha value is -4.28. The number of aliphatic carboxylic acids is 1. The molecule has 194 valence electrons. The first-order valence-electron chi connectivity index (χ1n) is 13.0. The molecule has 0 spiro atoms. The number of carbonyl (C=O) groups is 1. The molecule has 0 aliphatic rings. The normalized spacial score (nSPS) is 12.0. The monoisotopic (exact) mass is 530 g/mol. The van der Waals surface area contributed by atoms with Crippen LogP contribution in [0.15, 0.2) is 146 Å². The average Bonchev–Trinajstić information content (AvgIpc) is 3.00. The van der Waals surface area contributed by atoms with Gasteiger partial charge in [0.05, 0.1) is 4.75 Å². The van der Waals surface area contributed by atoms with Crippen molar-refractivity contribution in [2.24, 2.45) is 0 Å². The van der Waals surface area contributed by atoms with E-state index in [-0.39, 0.29) is 0 Å². The first-order valence-corrected chi connectivity index (χ1v) is 13.9. The van der Waals surface area contributed by atoms with Gasteiger partial charge in [0.25, 0.3) is 0 Å². The van der Waals surface area contributed by atoms with Gasteiger partial charge in [0.2, 0.25) is 0 Å². The molecule has 4 heteroatoms. The van der Waals surface area contributed by atoms with Gasteiger partial charge < -0.3 is 9.84 Å². The predicted octanol–water partition coefficient (Wildman–Crippen LogP) is 7.99. The van der Waals surface area contributed by atoms with Crippen LogP contribution in [-0.2, 0) is 22.6 Å². The summed E-state index contributed by atoms with van der Waals surface area (Å²) < 4.78 is 5.23. The smallest absolute Gasteiger partial charge is 0.317 e. The molecular formula is C35H30O3S. The average molecular weight is 531 g/mol. The molecule has 0 radical (unpaired) electrons. The second-order valence-corrected chi connectivity index (χ2v) is 10.8. The van der Waals surface area contributed by atoms with E-state index in [1.807, 2.05) is 109 Å². The Bertz CT molecular complexity index is 1360. The molecule has 0 saturated heterocycles. The molecule has 0 aliphatic carbocycles. The van der Waals surface area contributed by atoms with Crippen molar-refractivity contribution in [2.45, 2.75) is 23.0 Å². The molecular weight excluding hydrogens is 500 g/mol. The van der Waals surface area contributed by atoms with Crippen LogP contribution in [0.5, 0.6) is 5.75 Å². The topological polar surface area (TPSA) is 46.5 Å². The molecule has 1 unspecified atom stereocenters. The zero-order valence-corrected chi connectivity index (χ0v) is 22.3. The number of benzene rings is 5. The van der Waals surface area contributed by atoms with Crippen molar-refractivity contribution in [3.8, 4) is 5.75 Å². The minimum absolute atomic E-state index is 0.382. The Labute approximate surface area is 234 Å². The Morgan fingerprint density at radius 3 is 1.49 bits per heavy atom.